The van der Waals surface area contributed by atoms with Crippen LogP contribution in [0.5, 0.6) is 0 Å². The number of anilines is 2. The molecule has 2 unspecified atom stereocenters. The summed E-state index contributed by atoms with van der Waals surface area (Å²) < 4.78 is 0. The molecule has 1 heterocycles. The lowest BCUT2D eigenvalue weighted by atomic mass is 10.2. The van der Waals surface area contributed by atoms with Crippen LogP contribution in [0.25, 0.3) is 0 Å². The van der Waals surface area contributed by atoms with E-state index in [2.05, 4.69) is 15.3 Å². The molecule has 0 amide bonds. The molecule has 1 aromatic rings. The van der Waals surface area contributed by atoms with Crippen LogP contribution in [0.4, 0.5) is 11.5 Å². The van der Waals surface area contributed by atoms with Crippen LogP contribution in [0, 0.1) is 5.92 Å². The Balaban J connectivity index is 1.70. The first-order valence-corrected chi connectivity index (χ1v) is 8.38. The van der Waals surface area contributed by atoms with E-state index >= 15 is 0 Å². The molecule has 0 aliphatic heterocycles. The first-order valence-electron chi connectivity index (χ1n) is 7.02. The van der Waals surface area contributed by atoms with Crippen molar-refractivity contribution in [2.45, 2.75) is 49.4 Å². The van der Waals surface area contributed by atoms with Crippen molar-refractivity contribution in [3.8, 4) is 0 Å². The Kier molecular flexibility index (Phi) is 4.23. The number of aliphatic hydroxyl groups is 1. The molecule has 2 aliphatic rings. The molecule has 5 nitrogen and oxygen atoms in total. The normalized spacial score (nSPS) is 25.9. The van der Waals surface area contributed by atoms with E-state index in [1.165, 1.54) is 12.8 Å². The average Bonchev–Trinajstić information content (AvgIpc) is 3.15. The number of nitrogens with two attached hydrogens (primary N) is 1. The molecular weight excluding hydrogens is 296 g/mol. The molecule has 7 heteroatoms. The second-order valence-corrected chi connectivity index (χ2v) is 6.97. The zero-order valence-corrected chi connectivity index (χ0v) is 12.8. The minimum absolute atomic E-state index is 0.208. The fourth-order valence-corrected chi connectivity index (χ4v) is 3.61. The van der Waals surface area contributed by atoms with Crippen molar-refractivity contribution in [1.82, 2.24) is 9.97 Å². The van der Waals surface area contributed by atoms with E-state index < -0.39 is 0 Å². The maximum atomic E-state index is 9.57. The molecule has 0 radical (unpaired) electrons. The second-order valence-electron chi connectivity index (χ2n) is 5.62. The molecule has 110 valence electrons. The summed E-state index contributed by atoms with van der Waals surface area (Å²) in [4.78, 5) is 8.70. The number of nitrogen functional groups attached to an aromatic ring is 1. The first-order chi connectivity index (χ1) is 9.61. The Labute approximate surface area is 127 Å². The number of halogens is 1. The Morgan fingerprint density at radius 3 is 2.75 bits per heavy atom. The topological polar surface area (TPSA) is 84.1 Å². The molecular formula is C13H19ClN4OS. The van der Waals surface area contributed by atoms with E-state index in [1.807, 2.05) is 0 Å². The van der Waals surface area contributed by atoms with Gasteiger partial charge in [0, 0.05) is 11.8 Å². The number of hydrogen-bond donors (Lipinski definition) is 3. The van der Waals surface area contributed by atoms with Crippen LogP contribution in [0.15, 0.2) is 5.16 Å². The molecule has 0 bridgehead atoms. The minimum Gasteiger partial charge on any atom is -0.393 e. The molecule has 0 saturated heterocycles. The van der Waals surface area contributed by atoms with Crippen LogP contribution >= 0.6 is 23.4 Å². The smallest absolute Gasteiger partial charge is 0.191 e. The van der Waals surface area contributed by atoms with Gasteiger partial charge in [0.25, 0.3) is 0 Å². The Bertz CT molecular complexity index is 498. The third kappa shape index (κ3) is 3.48. The fourth-order valence-electron chi connectivity index (χ4n) is 2.36. The van der Waals surface area contributed by atoms with E-state index in [0.29, 0.717) is 21.8 Å². The minimum atomic E-state index is -0.227. The van der Waals surface area contributed by atoms with Gasteiger partial charge in [0.1, 0.15) is 5.69 Å². The highest BCUT2D eigenvalue weighted by molar-refractivity contribution is 7.99. The summed E-state index contributed by atoms with van der Waals surface area (Å²) >= 11 is 7.72. The number of aromatic nitrogens is 2. The highest BCUT2D eigenvalue weighted by Gasteiger charge is 2.25. The van der Waals surface area contributed by atoms with Gasteiger partial charge in [-0.15, -0.1) is 0 Å². The van der Waals surface area contributed by atoms with Crippen molar-refractivity contribution in [1.29, 1.82) is 0 Å². The highest BCUT2D eigenvalue weighted by atomic mass is 35.5. The van der Waals surface area contributed by atoms with Crippen molar-refractivity contribution < 1.29 is 5.11 Å². The zero-order valence-electron chi connectivity index (χ0n) is 11.2. The largest absolute Gasteiger partial charge is 0.393 e. The molecule has 2 fully saturated rings. The van der Waals surface area contributed by atoms with Gasteiger partial charge in [0.2, 0.25) is 0 Å². The Morgan fingerprint density at radius 1 is 1.30 bits per heavy atom. The lowest BCUT2D eigenvalue weighted by Gasteiger charge is -2.15. The van der Waals surface area contributed by atoms with Gasteiger partial charge in [-0.1, -0.05) is 23.4 Å². The second kappa shape index (κ2) is 5.95. The maximum absolute atomic E-state index is 9.57. The predicted octanol–water partition coefficient (Wildman–Crippen LogP) is 2.54. The number of hydrogen-bond acceptors (Lipinski definition) is 6. The number of aliphatic hydroxyl groups excluding tert-OH is 1. The van der Waals surface area contributed by atoms with Crippen LogP contribution in [0.3, 0.4) is 0 Å². The van der Waals surface area contributed by atoms with Crippen molar-refractivity contribution in [3.05, 3.63) is 5.15 Å². The van der Waals surface area contributed by atoms with Crippen LogP contribution in [0.2, 0.25) is 5.15 Å². The molecule has 2 saturated carbocycles. The van der Waals surface area contributed by atoms with Gasteiger partial charge in [-0.25, -0.2) is 9.97 Å². The van der Waals surface area contributed by atoms with Crippen LogP contribution in [-0.2, 0) is 0 Å². The lowest BCUT2D eigenvalue weighted by molar-refractivity contribution is 0.182. The van der Waals surface area contributed by atoms with Gasteiger partial charge < -0.3 is 16.2 Å². The molecule has 0 aromatic carbocycles. The standard InChI is InChI=1S/C13H19ClN4OS/c14-11-10(15)12(16-8-3-4-9(19)5-8)18-13(17-11)20-6-7-1-2-7/h7-9,19H,1-6,15H2,(H,16,17,18). The lowest BCUT2D eigenvalue weighted by Crippen LogP contribution is -2.19. The van der Waals surface area contributed by atoms with E-state index in [-0.39, 0.29) is 12.1 Å². The molecule has 20 heavy (non-hydrogen) atoms. The van der Waals surface area contributed by atoms with Gasteiger partial charge in [0.15, 0.2) is 16.1 Å². The third-order valence-corrected chi connectivity index (χ3v) is 5.14. The molecule has 3 rings (SSSR count). The molecule has 1 aromatic heterocycles. The van der Waals surface area contributed by atoms with Crippen molar-refractivity contribution in [2.24, 2.45) is 5.92 Å². The third-order valence-electron chi connectivity index (χ3n) is 3.77. The highest BCUT2D eigenvalue weighted by Crippen LogP contribution is 2.36. The van der Waals surface area contributed by atoms with E-state index in [1.54, 1.807) is 11.8 Å². The Hall–Kier alpha value is -0.720. The van der Waals surface area contributed by atoms with Gasteiger partial charge in [0.05, 0.1) is 6.10 Å². The van der Waals surface area contributed by atoms with E-state index in [9.17, 15) is 5.11 Å². The molecule has 2 atom stereocenters. The summed E-state index contributed by atoms with van der Waals surface area (Å²) in [7, 11) is 0. The summed E-state index contributed by atoms with van der Waals surface area (Å²) in [5.74, 6) is 2.45. The number of nitrogens with zero attached hydrogens (tertiary/aromatic N) is 2. The van der Waals surface area contributed by atoms with Gasteiger partial charge in [-0.3, -0.25) is 0 Å². The van der Waals surface area contributed by atoms with Crippen LogP contribution < -0.4 is 11.1 Å². The van der Waals surface area contributed by atoms with Gasteiger partial charge in [-0.2, -0.15) is 0 Å². The van der Waals surface area contributed by atoms with Gasteiger partial charge >= 0.3 is 0 Å². The van der Waals surface area contributed by atoms with Gasteiger partial charge in [-0.05, 0) is 38.0 Å². The number of rotatable bonds is 5. The summed E-state index contributed by atoms with van der Waals surface area (Å²) in [6, 6.07) is 0.208. The SMILES string of the molecule is Nc1c(Cl)nc(SCC2CC2)nc1NC1CCC(O)C1. The molecule has 0 spiro atoms. The maximum Gasteiger partial charge on any atom is 0.191 e. The number of nitrogens with one attached hydrogen (secondary N) is 1. The fraction of sp³-hybridized carbons (Fsp3) is 0.692. The van der Waals surface area contributed by atoms with E-state index in [4.69, 9.17) is 17.3 Å². The number of thioether (sulfide) groups is 1. The Morgan fingerprint density at radius 2 is 2.10 bits per heavy atom. The molecule has 2 aliphatic carbocycles. The first kappa shape index (κ1) is 14.2. The monoisotopic (exact) mass is 314 g/mol. The summed E-state index contributed by atoms with van der Waals surface area (Å²) in [5.41, 5.74) is 6.33. The van der Waals surface area contributed by atoms with Crippen LogP contribution in [-0.4, -0.2) is 33.0 Å². The zero-order chi connectivity index (χ0) is 14.1. The predicted molar refractivity (Wildman–Crippen MR) is 82.2 cm³/mol. The van der Waals surface area contributed by atoms with Crippen molar-refractivity contribution >= 4 is 34.9 Å². The summed E-state index contributed by atoms with van der Waals surface area (Å²) in [5, 5.41) is 13.8. The summed E-state index contributed by atoms with van der Waals surface area (Å²) in [6.45, 7) is 0. The van der Waals surface area contributed by atoms with E-state index in [0.717, 1.165) is 30.9 Å². The van der Waals surface area contributed by atoms with Crippen molar-refractivity contribution in [3.63, 3.8) is 0 Å². The van der Waals surface area contributed by atoms with Crippen LogP contribution in [0.1, 0.15) is 32.1 Å². The van der Waals surface area contributed by atoms with Crippen molar-refractivity contribution in [2.75, 3.05) is 16.8 Å². The average molecular weight is 315 g/mol. The quantitative estimate of drug-likeness (QED) is 0.440. The summed E-state index contributed by atoms with van der Waals surface area (Å²) in [6.07, 6.45) is 4.86. The molecule has 4 N–H and O–H groups in total.